The zero-order valence-corrected chi connectivity index (χ0v) is 11.4. The Morgan fingerprint density at radius 1 is 1.17 bits per heavy atom. The van der Waals surface area contributed by atoms with Gasteiger partial charge >= 0.3 is 5.97 Å². The van der Waals surface area contributed by atoms with Crippen molar-refractivity contribution in [1.29, 1.82) is 5.26 Å². The smallest absolute Gasteiger partial charge is 0.320 e. The van der Waals surface area contributed by atoms with Gasteiger partial charge in [-0.2, -0.15) is 5.26 Å². The van der Waals surface area contributed by atoms with Crippen LogP contribution in [0.2, 0.25) is 0 Å². The van der Waals surface area contributed by atoms with Crippen molar-refractivity contribution in [2.75, 3.05) is 0 Å². The van der Waals surface area contributed by atoms with E-state index >= 15 is 0 Å². The van der Waals surface area contributed by atoms with Crippen LogP contribution in [0, 0.1) is 17.2 Å². The molecule has 0 aliphatic carbocycles. The van der Waals surface area contributed by atoms with Crippen molar-refractivity contribution in [3.8, 4) is 6.07 Å². The van der Waals surface area contributed by atoms with Gasteiger partial charge in [-0.3, -0.25) is 4.79 Å². The van der Waals surface area contributed by atoms with Crippen LogP contribution < -0.4 is 0 Å². The molecule has 1 unspecified atom stereocenters. The summed E-state index contributed by atoms with van der Waals surface area (Å²) in [6.07, 6.45) is 13.9. The Morgan fingerprint density at radius 3 is 2.33 bits per heavy atom. The van der Waals surface area contributed by atoms with Crippen LogP contribution in [-0.2, 0) is 4.79 Å². The van der Waals surface area contributed by atoms with Gasteiger partial charge in [0.2, 0.25) is 0 Å². The highest BCUT2D eigenvalue weighted by molar-refractivity contribution is 5.72. The molecular weight excluding hydrogens is 226 g/mol. The first-order valence-electron chi connectivity index (χ1n) is 6.99. The molecule has 0 aliphatic heterocycles. The van der Waals surface area contributed by atoms with Gasteiger partial charge in [-0.25, -0.2) is 0 Å². The second kappa shape index (κ2) is 12.2. The first kappa shape index (κ1) is 16.7. The number of carboxylic acid groups (broad SMARTS) is 1. The average molecular weight is 251 g/mol. The molecular formula is C15H25NO2. The Labute approximate surface area is 111 Å². The van der Waals surface area contributed by atoms with Crippen molar-refractivity contribution in [2.24, 2.45) is 5.92 Å². The maximum absolute atomic E-state index is 10.6. The summed E-state index contributed by atoms with van der Waals surface area (Å²) >= 11 is 0. The van der Waals surface area contributed by atoms with E-state index in [9.17, 15) is 4.79 Å². The lowest BCUT2D eigenvalue weighted by Gasteiger charge is -2.02. The Balaban J connectivity index is 3.33. The lowest BCUT2D eigenvalue weighted by Crippen LogP contribution is -2.10. The van der Waals surface area contributed by atoms with E-state index in [1.807, 2.05) is 6.07 Å². The fourth-order valence-corrected chi connectivity index (χ4v) is 1.77. The summed E-state index contributed by atoms with van der Waals surface area (Å²) in [5, 5.41) is 17.3. The van der Waals surface area contributed by atoms with E-state index < -0.39 is 11.9 Å². The van der Waals surface area contributed by atoms with Gasteiger partial charge < -0.3 is 5.11 Å². The van der Waals surface area contributed by atoms with Crippen molar-refractivity contribution in [2.45, 2.75) is 64.7 Å². The summed E-state index contributed by atoms with van der Waals surface area (Å²) in [7, 11) is 0. The third kappa shape index (κ3) is 9.89. The highest BCUT2D eigenvalue weighted by atomic mass is 16.4. The van der Waals surface area contributed by atoms with E-state index in [4.69, 9.17) is 10.4 Å². The second-order valence-corrected chi connectivity index (χ2v) is 4.63. The molecule has 0 saturated heterocycles. The van der Waals surface area contributed by atoms with Crippen LogP contribution in [0.25, 0.3) is 0 Å². The molecule has 3 heteroatoms. The zero-order valence-electron chi connectivity index (χ0n) is 11.4. The number of aliphatic carboxylic acids is 1. The van der Waals surface area contributed by atoms with Gasteiger partial charge in [-0.15, -0.1) is 0 Å². The Kier molecular flexibility index (Phi) is 11.3. The molecule has 1 N–H and O–H groups in total. The maximum atomic E-state index is 10.6. The lowest BCUT2D eigenvalue weighted by molar-refractivity contribution is -0.140. The molecule has 18 heavy (non-hydrogen) atoms. The molecule has 0 rings (SSSR count). The molecule has 0 aromatic heterocycles. The number of carboxylic acids is 1. The highest BCUT2D eigenvalue weighted by Gasteiger charge is 2.14. The van der Waals surface area contributed by atoms with Crippen LogP contribution in [-0.4, -0.2) is 11.1 Å². The first-order valence-corrected chi connectivity index (χ1v) is 6.99. The minimum absolute atomic E-state index is 0.484. The molecule has 0 spiro atoms. The third-order valence-electron chi connectivity index (χ3n) is 2.96. The number of hydrogen-bond acceptors (Lipinski definition) is 2. The quantitative estimate of drug-likeness (QED) is 0.440. The van der Waals surface area contributed by atoms with Gasteiger partial charge in [0.1, 0.15) is 5.92 Å². The van der Waals surface area contributed by atoms with Crippen molar-refractivity contribution in [1.82, 2.24) is 0 Å². The van der Waals surface area contributed by atoms with Crippen LogP contribution in [0.1, 0.15) is 64.7 Å². The molecule has 0 amide bonds. The predicted molar refractivity (Wildman–Crippen MR) is 73.1 cm³/mol. The minimum Gasteiger partial charge on any atom is -0.480 e. The maximum Gasteiger partial charge on any atom is 0.320 e. The van der Waals surface area contributed by atoms with Crippen LogP contribution in [0.5, 0.6) is 0 Å². The van der Waals surface area contributed by atoms with Gasteiger partial charge in [0.15, 0.2) is 0 Å². The molecule has 0 saturated carbocycles. The molecule has 0 aliphatic rings. The molecule has 1 atom stereocenters. The first-order chi connectivity index (χ1) is 8.72. The van der Waals surface area contributed by atoms with Crippen molar-refractivity contribution in [3.63, 3.8) is 0 Å². The number of rotatable bonds is 11. The van der Waals surface area contributed by atoms with Gasteiger partial charge in [0.25, 0.3) is 0 Å². The lowest BCUT2D eigenvalue weighted by atomic mass is 10.0. The summed E-state index contributed by atoms with van der Waals surface area (Å²) in [6, 6.07) is 1.82. The molecule has 3 nitrogen and oxygen atoms in total. The average Bonchev–Trinajstić information content (AvgIpc) is 2.35. The molecule has 0 aromatic rings. The van der Waals surface area contributed by atoms with Gasteiger partial charge in [-0.1, -0.05) is 51.2 Å². The molecule has 0 heterocycles. The number of hydrogen-bond donors (Lipinski definition) is 1. The monoisotopic (exact) mass is 251 g/mol. The number of nitrogens with zero attached hydrogens (tertiary/aromatic N) is 1. The van der Waals surface area contributed by atoms with Gasteiger partial charge in [0, 0.05) is 0 Å². The summed E-state index contributed by atoms with van der Waals surface area (Å²) < 4.78 is 0. The van der Waals surface area contributed by atoms with E-state index in [1.165, 1.54) is 19.3 Å². The topological polar surface area (TPSA) is 61.1 Å². The highest BCUT2D eigenvalue weighted by Crippen LogP contribution is 2.11. The van der Waals surface area contributed by atoms with Crippen molar-refractivity contribution in [3.05, 3.63) is 12.2 Å². The Morgan fingerprint density at radius 2 is 1.78 bits per heavy atom. The molecule has 102 valence electrons. The van der Waals surface area contributed by atoms with Crippen LogP contribution >= 0.6 is 0 Å². The van der Waals surface area contributed by atoms with Crippen LogP contribution in [0.15, 0.2) is 12.2 Å². The normalized spacial score (nSPS) is 12.4. The number of unbranched alkanes of at least 4 members (excludes halogenated alkanes) is 6. The van der Waals surface area contributed by atoms with Gasteiger partial charge in [-0.05, 0) is 25.7 Å². The van der Waals surface area contributed by atoms with Gasteiger partial charge in [0.05, 0.1) is 6.07 Å². The molecule has 0 fully saturated rings. The van der Waals surface area contributed by atoms with E-state index in [0.717, 1.165) is 32.1 Å². The molecule has 0 aromatic carbocycles. The Bertz CT molecular complexity index is 279. The van der Waals surface area contributed by atoms with Crippen LogP contribution in [0.4, 0.5) is 0 Å². The SMILES string of the molecule is CCCC/C=C\CCCCCCC(C#N)C(=O)O. The predicted octanol–water partition coefficient (Wildman–Crippen LogP) is 4.30. The number of nitriles is 1. The number of carbonyl (C=O) groups is 1. The minimum atomic E-state index is -0.989. The van der Waals surface area contributed by atoms with Crippen molar-refractivity contribution >= 4 is 5.97 Å². The summed E-state index contributed by atoms with van der Waals surface area (Å²) in [5.41, 5.74) is 0. The van der Waals surface area contributed by atoms with E-state index in [0.29, 0.717) is 6.42 Å². The van der Waals surface area contributed by atoms with Crippen molar-refractivity contribution < 1.29 is 9.90 Å². The Hall–Kier alpha value is -1.30. The molecule has 0 radical (unpaired) electrons. The standard InChI is InChI=1S/C15H25NO2/c1-2-3-4-5-6-7-8-9-10-11-12-14(13-16)15(17)18/h5-6,14H,2-4,7-12H2,1H3,(H,17,18)/b6-5-. The fourth-order valence-electron chi connectivity index (χ4n) is 1.77. The van der Waals surface area contributed by atoms with E-state index in [2.05, 4.69) is 19.1 Å². The summed E-state index contributed by atoms with van der Waals surface area (Å²) in [4.78, 5) is 10.6. The largest absolute Gasteiger partial charge is 0.480 e. The zero-order chi connectivity index (χ0) is 13.6. The van der Waals surface area contributed by atoms with E-state index in [-0.39, 0.29) is 0 Å². The summed E-state index contributed by atoms with van der Waals surface area (Å²) in [5.74, 6) is -1.81. The third-order valence-corrected chi connectivity index (χ3v) is 2.96. The number of allylic oxidation sites excluding steroid dienone is 2. The van der Waals surface area contributed by atoms with E-state index in [1.54, 1.807) is 0 Å². The summed E-state index contributed by atoms with van der Waals surface area (Å²) in [6.45, 7) is 2.19. The fraction of sp³-hybridized carbons (Fsp3) is 0.733. The molecule has 0 bridgehead atoms. The second-order valence-electron chi connectivity index (χ2n) is 4.63. The van der Waals surface area contributed by atoms with Crippen LogP contribution in [0.3, 0.4) is 0 Å².